The number of pyridine rings is 1. The minimum Gasteiger partial charge on any atom is -0.384 e. The molecule has 4 nitrogen and oxygen atoms in total. The molecule has 1 aliphatic rings. The number of hydrogen-bond acceptors (Lipinski definition) is 3. The molecule has 0 unspecified atom stereocenters. The number of hydrogen-bond donors (Lipinski definition) is 2. The van der Waals surface area contributed by atoms with Gasteiger partial charge >= 0.3 is 0 Å². The zero-order chi connectivity index (χ0) is 13.2. The van der Waals surface area contributed by atoms with Gasteiger partial charge < -0.3 is 10.6 Å². The van der Waals surface area contributed by atoms with Crippen LogP contribution in [0.4, 0.5) is 15.9 Å². The van der Waals surface area contributed by atoms with Gasteiger partial charge in [-0.05, 0) is 36.2 Å². The Morgan fingerprint density at radius 3 is 3.00 bits per heavy atom. The molecule has 1 aliphatic heterocycles. The largest absolute Gasteiger partial charge is 0.384 e. The summed E-state index contributed by atoms with van der Waals surface area (Å²) in [5, 5.41) is 5.85. The van der Waals surface area contributed by atoms with Crippen LogP contribution in [0.3, 0.4) is 0 Å². The molecule has 0 radical (unpaired) electrons. The van der Waals surface area contributed by atoms with E-state index in [2.05, 4.69) is 15.6 Å². The van der Waals surface area contributed by atoms with Gasteiger partial charge in [0, 0.05) is 17.8 Å². The lowest BCUT2D eigenvalue weighted by atomic mass is 10.1. The summed E-state index contributed by atoms with van der Waals surface area (Å²) in [7, 11) is 0. The molecule has 0 saturated heterocycles. The molecule has 5 heteroatoms. The van der Waals surface area contributed by atoms with Gasteiger partial charge in [-0.25, -0.2) is 9.37 Å². The van der Waals surface area contributed by atoms with E-state index >= 15 is 0 Å². The number of carbonyl (C=O) groups excluding carboxylic acids is 1. The summed E-state index contributed by atoms with van der Waals surface area (Å²) in [6, 6.07) is 8.24. The molecule has 0 spiro atoms. The van der Waals surface area contributed by atoms with E-state index < -0.39 is 5.82 Å². The summed E-state index contributed by atoms with van der Waals surface area (Å²) in [4.78, 5) is 15.8. The Kier molecular flexibility index (Phi) is 2.87. The fourth-order valence-corrected chi connectivity index (χ4v) is 2.07. The Labute approximate surface area is 109 Å². The van der Waals surface area contributed by atoms with Crippen LogP contribution in [0.5, 0.6) is 0 Å². The molecule has 1 aromatic heterocycles. The summed E-state index contributed by atoms with van der Waals surface area (Å²) in [6.45, 7) is 0.903. The number of nitrogens with zero attached hydrogens (tertiary/aromatic N) is 1. The smallest absolute Gasteiger partial charge is 0.256 e. The summed E-state index contributed by atoms with van der Waals surface area (Å²) in [5.74, 6) is -0.352. The van der Waals surface area contributed by atoms with Crippen molar-refractivity contribution in [3.63, 3.8) is 0 Å². The van der Waals surface area contributed by atoms with Gasteiger partial charge in [0.05, 0.1) is 6.20 Å². The van der Waals surface area contributed by atoms with E-state index in [1.165, 1.54) is 17.7 Å². The lowest BCUT2D eigenvalue weighted by Gasteiger charge is -2.06. The highest BCUT2D eigenvalue weighted by molar-refractivity contribution is 6.04. The van der Waals surface area contributed by atoms with Gasteiger partial charge in [-0.2, -0.15) is 0 Å². The average molecular weight is 257 g/mol. The molecule has 0 saturated carbocycles. The van der Waals surface area contributed by atoms with Gasteiger partial charge in [-0.1, -0.05) is 6.07 Å². The van der Waals surface area contributed by atoms with Crippen LogP contribution >= 0.6 is 0 Å². The normalized spacial score (nSPS) is 12.7. The second-order valence-electron chi connectivity index (χ2n) is 4.36. The fraction of sp³-hybridized carbons (Fsp3) is 0.143. The lowest BCUT2D eigenvalue weighted by Crippen LogP contribution is -2.13. The zero-order valence-electron chi connectivity index (χ0n) is 10.1. The maximum Gasteiger partial charge on any atom is 0.256 e. The molecule has 2 N–H and O–H groups in total. The van der Waals surface area contributed by atoms with Crippen molar-refractivity contribution in [2.45, 2.75) is 6.42 Å². The van der Waals surface area contributed by atoms with Crippen molar-refractivity contribution in [3.05, 3.63) is 53.5 Å². The molecule has 2 heterocycles. The molecule has 0 bridgehead atoms. The molecule has 0 atom stereocenters. The third-order valence-electron chi connectivity index (χ3n) is 3.05. The predicted octanol–water partition coefficient (Wildman–Crippen LogP) is 2.44. The molecular weight excluding hydrogens is 245 g/mol. The van der Waals surface area contributed by atoms with Crippen LogP contribution in [0.25, 0.3) is 0 Å². The molecule has 3 rings (SSSR count). The molecule has 0 fully saturated rings. The Morgan fingerprint density at radius 2 is 2.21 bits per heavy atom. The second kappa shape index (κ2) is 4.68. The van der Waals surface area contributed by atoms with Crippen LogP contribution in [-0.4, -0.2) is 17.4 Å². The van der Waals surface area contributed by atoms with Crippen LogP contribution in [0.1, 0.15) is 15.9 Å². The standard InChI is InChI=1S/C14H12FN3O/c15-11-3-4-13(17-8-11)18-14(19)10-2-1-9-5-6-16-12(9)7-10/h1-4,7-8,16H,5-6H2,(H,17,18,19). The number of anilines is 2. The second-order valence-corrected chi connectivity index (χ2v) is 4.36. The highest BCUT2D eigenvalue weighted by Crippen LogP contribution is 2.23. The monoisotopic (exact) mass is 257 g/mol. The molecule has 1 aromatic carbocycles. The molecule has 0 aliphatic carbocycles. The van der Waals surface area contributed by atoms with Crippen molar-refractivity contribution in [2.75, 3.05) is 17.2 Å². The van der Waals surface area contributed by atoms with E-state index in [0.717, 1.165) is 24.8 Å². The average Bonchev–Trinajstić information content (AvgIpc) is 2.88. The van der Waals surface area contributed by atoms with Gasteiger partial charge in [-0.15, -0.1) is 0 Å². The number of fused-ring (bicyclic) bond motifs is 1. The first-order valence-corrected chi connectivity index (χ1v) is 6.02. The van der Waals surface area contributed by atoms with Crippen LogP contribution in [0.15, 0.2) is 36.5 Å². The van der Waals surface area contributed by atoms with Crippen molar-refractivity contribution in [1.29, 1.82) is 0 Å². The Morgan fingerprint density at radius 1 is 1.32 bits per heavy atom. The fourth-order valence-electron chi connectivity index (χ4n) is 2.07. The minimum atomic E-state index is -0.431. The van der Waals surface area contributed by atoms with Crippen molar-refractivity contribution in [2.24, 2.45) is 0 Å². The van der Waals surface area contributed by atoms with E-state index in [1.54, 1.807) is 6.07 Å². The first-order chi connectivity index (χ1) is 9.22. The lowest BCUT2D eigenvalue weighted by molar-refractivity contribution is 0.102. The number of rotatable bonds is 2. The predicted molar refractivity (Wildman–Crippen MR) is 70.8 cm³/mol. The number of amides is 1. The van der Waals surface area contributed by atoms with Crippen LogP contribution in [0, 0.1) is 5.82 Å². The Bertz CT molecular complexity index is 625. The molecule has 19 heavy (non-hydrogen) atoms. The van der Waals surface area contributed by atoms with Crippen molar-refractivity contribution >= 4 is 17.4 Å². The molecular formula is C14H12FN3O. The van der Waals surface area contributed by atoms with Crippen LogP contribution < -0.4 is 10.6 Å². The summed E-state index contributed by atoms with van der Waals surface area (Å²) in [6.07, 6.45) is 2.05. The van der Waals surface area contributed by atoms with E-state index in [4.69, 9.17) is 0 Å². The van der Waals surface area contributed by atoms with Crippen molar-refractivity contribution in [1.82, 2.24) is 4.98 Å². The van der Waals surface area contributed by atoms with E-state index in [-0.39, 0.29) is 5.91 Å². The quantitative estimate of drug-likeness (QED) is 0.868. The number of carbonyl (C=O) groups is 1. The highest BCUT2D eigenvalue weighted by Gasteiger charge is 2.13. The number of benzene rings is 1. The molecule has 2 aromatic rings. The van der Waals surface area contributed by atoms with Crippen LogP contribution in [-0.2, 0) is 6.42 Å². The summed E-state index contributed by atoms with van der Waals surface area (Å²) >= 11 is 0. The van der Waals surface area contributed by atoms with Gasteiger partial charge in [0.15, 0.2) is 0 Å². The minimum absolute atomic E-state index is 0.254. The maximum atomic E-state index is 12.7. The van der Waals surface area contributed by atoms with E-state index in [1.807, 2.05) is 12.1 Å². The van der Waals surface area contributed by atoms with Gasteiger partial charge in [0.25, 0.3) is 5.91 Å². The number of nitrogens with one attached hydrogen (secondary N) is 2. The van der Waals surface area contributed by atoms with Gasteiger partial charge in [-0.3, -0.25) is 4.79 Å². The first-order valence-electron chi connectivity index (χ1n) is 6.02. The number of halogens is 1. The van der Waals surface area contributed by atoms with Crippen molar-refractivity contribution < 1.29 is 9.18 Å². The zero-order valence-corrected chi connectivity index (χ0v) is 10.1. The summed E-state index contributed by atoms with van der Waals surface area (Å²) < 4.78 is 12.7. The highest BCUT2D eigenvalue weighted by atomic mass is 19.1. The van der Waals surface area contributed by atoms with Crippen LogP contribution in [0.2, 0.25) is 0 Å². The third-order valence-corrected chi connectivity index (χ3v) is 3.05. The van der Waals surface area contributed by atoms with E-state index in [0.29, 0.717) is 11.4 Å². The SMILES string of the molecule is O=C(Nc1ccc(F)cn1)c1ccc2c(c1)NCC2. The van der Waals surface area contributed by atoms with Crippen molar-refractivity contribution in [3.8, 4) is 0 Å². The maximum absolute atomic E-state index is 12.7. The van der Waals surface area contributed by atoms with Gasteiger partial charge in [0.1, 0.15) is 11.6 Å². The Hall–Kier alpha value is -2.43. The summed E-state index contributed by atoms with van der Waals surface area (Å²) in [5.41, 5.74) is 2.77. The molecule has 1 amide bonds. The van der Waals surface area contributed by atoms with Gasteiger partial charge in [0.2, 0.25) is 0 Å². The molecule has 96 valence electrons. The van der Waals surface area contributed by atoms with E-state index in [9.17, 15) is 9.18 Å². The first kappa shape index (κ1) is 11.6. The number of aromatic nitrogens is 1. The topological polar surface area (TPSA) is 54.0 Å². The third kappa shape index (κ3) is 2.40. The Balaban J connectivity index is 1.78.